The predicted molar refractivity (Wildman–Crippen MR) is 85.6 cm³/mol. The monoisotopic (exact) mass is 301 g/mol. The number of nitrogens with zero attached hydrogens (tertiary/aromatic N) is 2. The fourth-order valence-electron chi connectivity index (χ4n) is 2.35. The number of carbonyl (C=O) groups excluding carboxylic acids is 1. The van der Waals surface area contributed by atoms with E-state index in [1.54, 1.807) is 4.68 Å². The molecule has 1 aromatic carbocycles. The van der Waals surface area contributed by atoms with Gasteiger partial charge in [-0.1, -0.05) is 24.3 Å². The van der Waals surface area contributed by atoms with Crippen LogP contribution >= 0.6 is 0 Å². The minimum absolute atomic E-state index is 0.0820. The van der Waals surface area contributed by atoms with E-state index in [1.807, 2.05) is 52.1 Å². The predicted octanol–water partition coefficient (Wildman–Crippen LogP) is 2.50. The van der Waals surface area contributed by atoms with Gasteiger partial charge in [-0.15, -0.1) is 0 Å². The first-order valence-electron chi connectivity index (χ1n) is 7.47. The molecule has 118 valence electrons. The van der Waals surface area contributed by atoms with E-state index in [-0.39, 0.29) is 5.91 Å². The van der Waals surface area contributed by atoms with Gasteiger partial charge in [0.2, 0.25) is 0 Å². The summed E-state index contributed by atoms with van der Waals surface area (Å²) >= 11 is 0. The van der Waals surface area contributed by atoms with E-state index in [1.165, 1.54) is 0 Å². The number of ether oxygens (including phenoxy) is 1. The quantitative estimate of drug-likeness (QED) is 0.892. The summed E-state index contributed by atoms with van der Waals surface area (Å²) in [7, 11) is 1.84. The molecule has 0 aliphatic rings. The number of carbonyl (C=O) groups is 1. The Kier molecular flexibility index (Phi) is 5.33. The van der Waals surface area contributed by atoms with Crippen molar-refractivity contribution in [1.29, 1.82) is 0 Å². The molecule has 0 aliphatic heterocycles. The van der Waals surface area contributed by atoms with Crippen LogP contribution in [0.1, 0.15) is 39.8 Å². The molecule has 5 heteroatoms. The van der Waals surface area contributed by atoms with Crippen molar-refractivity contribution in [1.82, 2.24) is 15.1 Å². The van der Waals surface area contributed by atoms with Gasteiger partial charge in [-0.05, 0) is 31.9 Å². The van der Waals surface area contributed by atoms with Crippen LogP contribution in [0.4, 0.5) is 0 Å². The molecule has 0 aliphatic carbocycles. The number of benzene rings is 1. The van der Waals surface area contributed by atoms with Gasteiger partial charge in [0.05, 0.1) is 17.9 Å². The van der Waals surface area contributed by atoms with Crippen molar-refractivity contribution in [2.45, 2.75) is 33.9 Å². The van der Waals surface area contributed by atoms with E-state index < -0.39 is 0 Å². The van der Waals surface area contributed by atoms with Crippen molar-refractivity contribution in [2.24, 2.45) is 7.05 Å². The van der Waals surface area contributed by atoms with E-state index in [9.17, 15) is 4.79 Å². The van der Waals surface area contributed by atoms with Crippen LogP contribution in [-0.4, -0.2) is 22.3 Å². The summed E-state index contributed by atoms with van der Waals surface area (Å²) in [5.41, 5.74) is 4.49. The molecular formula is C17H23N3O2. The zero-order valence-corrected chi connectivity index (χ0v) is 13.6. The molecule has 0 unspecified atom stereocenters. The summed E-state index contributed by atoms with van der Waals surface area (Å²) in [4.78, 5) is 12.3. The average molecular weight is 301 g/mol. The van der Waals surface area contributed by atoms with Gasteiger partial charge in [-0.25, -0.2) is 0 Å². The van der Waals surface area contributed by atoms with Crippen LogP contribution in [0.2, 0.25) is 0 Å². The molecule has 5 nitrogen and oxygen atoms in total. The Labute approximate surface area is 131 Å². The van der Waals surface area contributed by atoms with Gasteiger partial charge in [-0.2, -0.15) is 5.10 Å². The second-order valence-corrected chi connectivity index (χ2v) is 5.31. The number of amides is 1. The minimum atomic E-state index is -0.0820. The SMILES string of the molecule is CCOCc1ccc(CNC(=O)c2c(C)nn(C)c2C)cc1. The lowest BCUT2D eigenvalue weighted by atomic mass is 10.1. The molecule has 1 amide bonds. The smallest absolute Gasteiger partial charge is 0.255 e. The van der Waals surface area contributed by atoms with Gasteiger partial charge in [0, 0.05) is 25.9 Å². The summed E-state index contributed by atoms with van der Waals surface area (Å²) in [6, 6.07) is 8.07. The van der Waals surface area contributed by atoms with Crippen molar-refractivity contribution in [3.63, 3.8) is 0 Å². The highest BCUT2D eigenvalue weighted by atomic mass is 16.5. The summed E-state index contributed by atoms with van der Waals surface area (Å²) in [6.07, 6.45) is 0. The minimum Gasteiger partial charge on any atom is -0.377 e. The lowest BCUT2D eigenvalue weighted by Gasteiger charge is -2.07. The Morgan fingerprint density at radius 3 is 2.41 bits per heavy atom. The molecule has 1 N–H and O–H groups in total. The van der Waals surface area contributed by atoms with Crippen LogP contribution in [0, 0.1) is 13.8 Å². The number of aromatic nitrogens is 2. The molecule has 0 spiro atoms. The first-order chi connectivity index (χ1) is 10.5. The molecule has 2 aromatic rings. The maximum absolute atomic E-state index is 12.3. The summed E-state index contributed by atoms with van der Waals surface area (Å²) < 4.78 is 7.09. The number of hydrogen-bond acceptors (Lipinski definition) is 3. The van der Waals surface area contributed by atoms with E-state index in [2.05, 4.69) is 10.4 Å². The molecule has 0 radical (unpaired) electrons. The van der Waals surface area contributed by atoms with Crippen LogP contribution < -0.4 is 5.32 Å². The fourth-order valence-corrected chi connectivity index (χ4v) is 2.35. The topological polar surface area (TPSA) is 56.1 Å². The summed E-state index contributed by atoms with van der Waals surface area (Å²) in [5, 5.41) is 7.22. The number of aryl methyl sites for hydroxylation is 2. The van der Waals surface area contributed by atoms with Crippen LogP contribution in [0.3, 0.4) is 0 Å². The van der Waals surface area contributed by atoms with Crippen LogP contribution in [0.25, 0.3) is 0 Å². The number of rotatable bonds is 6. The van der Waals surface area contributed by atoms with E-state index >= 15 is 0 Å². The third-order valence-corrected chi connectivity index (χ3v) is 3.68. The van der Waals surface area contributed by atoms with Crippen LogP contribution in [0.5, 0.6) is 0 Å². The highest BCUT2D eigenvalue weighted by molar-refractivity contribution is 5.96. The Hall–Kier alpha value is -2.14. The second-order valence-electron chi connectivity index (χ2n) is 5.31. The number of nitrogens with one attached hydrogen (secondary N) is 1. The lowest BCUT2D eigenvalue weighted by Crippen LogP contribution is -2.24. The first-order valence-corrected chi connectivity index (χ1v) is 7.47. The van der Waals surface area contributed by atoms with Gasteiger partial charge in [0.1, 0.15) is 0 Å². The largest absolute Gasteiger partial charge is 0.377 e. The zero-order chi connectivity index (χ0) is 16.1. The molecule has 0 saturated heterocycles. The van der Waals surface area contributed by atoms with Crippen molar-refractivity contribution < 1.29 is 9.53 Å². The fraction of sp³-hybridized carbons (Fsp3) is 0.412. The molecule has 2 rings (SSSR count). The normalized spacial score (nSPS) is 10.7. The Morgan fingerprint density at radius 1 is 1.23 bits per heavy atom. The highest BCUT2D eigenvalue weighted by Crippen LogP contribution is 2.12. The van der Waals surface area contributed by atoms with Crippen molar-refractivity contribution >= 4 is 5.91 Å². The molecule has 1 aromatic heterocycles. The van der Waals surface area contributed by atoms with Gasteiger partial charge in [-0.3, -0.25) is 9.48 Å². The Bertz CT molecular complexity index is 645. The lowest BCUT2D eigenvalue weighted by molar-refractivity contribution is 0.0949. The van der Waals surface area contributed by atoms with E-state index in [4.69, 9.17) is 4.74 Å². The van der Waals surface area contributed by atoms with Gasteiger partial charge >= 0.3 is 0 Å². The van der Waals surface area contributed by atoms with E-state index in [0.717, 1.165) is 22.5 Å². The third-order valence-electron chi connectivity index (χ3n) is 3.68. The van der Waals surface area contributed by atoms with Crippen molar-refractivity contribution in [3.05, 3.63) is 52.3 Å². The molecule has 0 fully saturated rings. The van der Waals surface area contributed by atoms with Crippen LogP contribution in [-0.2, 0) is 24.9 Å². The molecule has 0 bridgehead atoms. The van der Waals surface area contributed by atoms with Crippen molar-refractivity contribution in [2.75, 3.05) is 6.61 Å². The molecular weight excluding hydrogens is 278 g/mol. The van der Waals surface area contributed by atoms with Crippen LogP contribution in [0.15, 0.2) is 24.3 Å². The van der Waals surface area contributed by atoms with Crippen molar-refractivity contribution in [3.8, 4) is 0 Å². The summed E-state index contributed by atoms with van der Waals surface area (Å²) in [6.45, 7) is 7.56. The van der Waals surface area contributed by atoms with Gasteiger partial charge < -0.3 is 10.1 Å². The maximum atomic E-state index is 12.3. The average Bonchev–Trinajstić information content (AvgIpc) is 2.76. The third kappa shape index (κ3) is 3.74. The zero-order valence-electron chi connectivity index (χ0n) is 13.6. The maximum Gasteiger partial charge on any atom is 0.255 e. The summed E-state index contributed by atoms with van der Waals surface area (Å²) in [5.74, 6) is -0.0820. The molecule has 0 atom stereocenters. The number of hydrogen-bond donors (Lipinski definition) is 1. The molecule has 22 heavy (non-hydrogen) atoms. The Balaban J connectivity index is 1.96. The standard InChI is InChI=1S/C17H23N3O2/c1-5-22-11-15-8-6-14(7-9-15)10-18-17(21)16-12(2)19-20(4)13(16)3/h6-9H,5,10-11H2,1-4H3,(H,18,21). The Morgan fingerprint density at radius 2 is 1.86 bits per heavy atom. The second kappa shape index (κ2) is 7.22. The highest BCUT2D eigenvalue weighted by Gasteiger charge is 2.16. The van der Waals surface area contributed by atoms with E-state index in [0.29, 0.717) is 25.3 Å². The molecule has 0 saturated carbocycles. The van der Waals surface area contributed by atoms with Gasteiger partial charge in [0.25, 0.3) is 5.91 Å². The van der Waals surface area contributed by atoms with Gasteiger partial charge in [0.15, 0.2) is 0 Å². The molecule has 1 heterocycles. The first kappa shape index (κ1) is 16.2.